The van der Waals surface area contributed by atoms with Crippen molar-refractivity contribution in [1.29, 1.82) is 0 Å². The molecule has 1 amide bonds. The van der Waals surface area contributed by atoms with Crippen molar-refractivity contribution in [2.45, 2.75) is 38.0 Å². The van der Waals surface area contributed by atoms with Crippen LogP contribution in [0.3, 0.4) is 0 Å². The van der Waals surface area contributed by atoms with E-state index in [4.69, 9.17) is 15.1 Å². The first-order valence-corrected chi connectivity index (χ1v) is 13.6. The molecule has 1 saturated heterocycles. The fourth-order valence-electron chi connectivity index (χ4n) is 4.55. The summed E-state index contributed by atoms with van der Waals surface area (Å²) in [6.45, 7) is 7.09. The lowest BCUT2D eigenvalue weighted by atomic mass is 10.2. The number of rotatable bonds is 8. The zero-order chi connectivity index (χ0) is 24.9. The number of aryl methyl sites for hydroxylation is 2. The molecule has 0 saturated carbocycles. The predicted octanol–water partition coefficient (Wildman–Crippen LogP) is 4.91. The Bertz CT molecular complexity index is 1320. The highest BCUT2D eigenvalue weighted by atomic mass is 32.2. The summed E-state index contributed by atoms with van der Waals surface area (Å²) < 4.78 is 1.94. The number of piperazine rings is 1. The van der Waals surface area contributed by atoms with Gasteiger partial charge in [-0.1, -0.05) is 49.7 Å². The topological polar surface area (TPSA) is 67.2 Å². The molecule has 36 heavy (non-hydrogen) atoms. The third-order valence-electron chi connectivity index (χ3n) is 6.52. The predicted molar refractivity (Wildman–Crippen MR) is 146 cm³/mol. The Morgan fingerprint density at radius 3 is 2.33 bits per heavy atom. The minimum Gasteiger partial charge on any atom is -0.352 e. The number of fused-ring (bicyclic) bond motifs is 1. The monoisotopic (exact) mass is 500 g/mol. The van der Waals surface area contributed by atoms with E-state index < -0.39 is 0 Å². The SMILES string of the molecule is CCCCc1nc(N2CCN(C(=O)CSc3ccccc3)CC2)c2c(C)nn(-c3ccccc3)c2n1. The van der Waals surface area contributed by atoms with Gasteiger partial charge in [-0.05, 0) is 37.6 Å². The number of hydrogen-bond donors (Lipinski definition) is 0. The van der Waals surface area contributed by atoms with Crippen LogP contribution in [-0.4, -0.2) is 62.5 Å². The van der Waals surface area contributed by atoms with Gasteiger partial charge in [-0.3, -0.25) is 4.79 Å². The van der Waals surface area contributed by atoms with E-state index in [0.29, 0.717) is 18.8 Å². The lowest BCUT2D eigenvalue weighted by Gasteiger charge is -2.35. The first-order valence-electron chi connectivity index (χ1n) is 12.7. The Labute approximate surface area is 216 Å². The summed E-state index contributed by atoms with van der Waals surface area (Å²) in [5.74, 6) is 2.45. The van der Waals surface area contributed by atoms with Crippen LogP contribution in [0.2, 0.25) is 0 Å². The number of hydrogen-bond acceptors (Lipinski definition) is 6. The molecule has 1 aliphatic rings. The van der Waals surface area contributed by atoms with E-state index in [1.54, 1.807) is 11.8 Å². The van der Waals surface area contributed by atoms with Gasteiger partial charge in [-0.15, -0.1) is 11.8 Å². The minimum atomic E-state index is 0.188. The van der Waals surface area contributed by atoms with Crippen molar-refractivity contribution in [3.05, 3.63) is 72.2 Å². The number of thioether (sulfide) groups is 1. The van der Waals surface area contributed by atoms with Gasteiger partial charge >= 0.3 is 0 Å². The Kier molecular flexibility index (Phi) is 7.51. The molecule has 0 spiro atoms. The summed E-state index contributed by atoms with van der Waals surface area (Å²) in [5, 5.41) is 5.85. The Morgan fingerprint density at radius 2 is 1.64 bits per heavy atom. The third kappa shape index (κ3) is 5.23. The summed E-state index contributed by atoms with van der Waals surface area (Å²) in [7, 11) is 0. The summed E-state index contributed by atoms with van der Waals surface area (Å²) in [5.41, 5.74) is 2.77. The van der Waals surface area contributed by atoms with Crippen molar-refractivity contribution >= 4 is 34.5 Å². The Balaban J connectivity index is 1.37. The summed E-state index contributed by atoms with van der Waals surface area (Å²) in [6, 6.07) is 20.2. The quantitative estimate of drug-likeness (QED) is 0.320. The van der Waals surface area contributed by atoms with Gasteiger partial charge < -0.3 is 9.80 Å². The van der Waals surface area contributed by atoms with Gasteiger partial charge in [0, 0.05) is 37.5 Å². The number of para-hydroxylation sites is 1. The average Bonchev–Trinajstić information content (AvgIpc) is 3.27. The summed E-state index contributed by atoms with van der Waals surface area (Å²) >= 11 is 1.60. The van der Waals surface area contributed by atoms with Crippen LogP contribution in [0.4, 0.5) is 5.82 Å². The molecule has 8 heteroatoms. The molecule has 1 fully saturated rings. The van der Waals surface area contributed by atoms with Crippen molar-refractivity contribution in [2.75, 3.05) is 36.8 Å². The fourth-order valence-corrected chi connectivity index (χ4v) is 5.37. The molecule has 0 bridgehead atoms. The standard InChI is InChI=1S/C28H32N6OS/c1-3-4-15-24-29-27(26-21(2)31-34(28(26)30-24)22-11-7-5-8-12-22)33-18-16-32(17-19-33)25(35)20-36-23-13-9-6-10-14-23/h5-14H,3-4,15-20H2,1-2H3. The van der Waals surface area contributed by atoms with Crippen molar-refractivity contribution in [3.8, 4) is 5.69 Å². The molecule has 7 nitrogen and oxygen atoms in total. The van der Waals surface area contributed by atoms with Gasteiger partial charge in [0.15, 0.2) is 5.65 Å². The van der Waals surface area contributed by atoms with Gasteiger partial charge in [-0.25, -0.2) is 14.6 Å². The number of amides is 1. The molecule has 4 aromatic rings. The van der Waals surface area contributed by atoms with Crippen LogP contribution in [-0.2, 0) is 11.2 Å². The van der Waals surface area contributed by atoms with Crippen LogP contribution in [0.25, 0.3) is 16.7 Å². The second kappa shape index (κ2) is 11.1. The fraction of sp³-hybridized carbons (Fsp3) is 0.357. The number of carbonyl (C=O) groups is 1. The lowest BCUT2D eigenvalue weighted by Crippen LogP contribution is -2.49. The number of aromatic nitrogens is 4. The molecule has 2 aromatic carbocycles. The molecule has 0 atom stereocenters. The molecule has 1 aliphatic heterocycles. The van der Waals surface area contributed by atoms with Crippen molar-refractivity contribution in [1.82, 2.24) is 24.6 Å². The maximum Gasteiger partial charge on any atom is 0.233 e. The van der Waals surface area contributed by atoms with Gasteiger partial charge in [0.05, 0.1) is 22.5 Å². The Morgan fingerprint density at radius 1 is 0.944 bits per heavy atom. The molecule has 186 valence electrons. The molecule has 0 aliphatic carbocycles. The van der Waals surface area contributed by atoms with E-state index in [1.807, 2.05) is 65.0 Å². The molecule has 3 heterocycles. The maximum absolute atomic E-state index is 12.9. The van der Waals surface area contributed by atoms with E-state index in [1.165, 1.54) is 0 Å². The van der Waals surface area contributed by atoms with Crippen LogP contribution in [0.1, 0.15) is 31.3 Å². The number of anilines is 1. The zero-order valence-electron chi connectivity index (χ0n) is 20.9. The van der Waals surface area contributed by atoms with Crippen molar-refractivity contribution < 1.29 is 4.79 Å². The zero-order valence-corrected chi connectivity index (χ0v) is 21.7. The second-order valence-electron chi connectivity index (χ2n) is 9.07. The van der Waals surface area contributed by atoms with E-state index in [0.717, 1.165) is 71.3 Å². The number of unbranched alkanes of at least 4 members (excludes halogenated alkanes) is 1. The largest absolute Gasteiger partial charge is 0.352 e. The smallest absolute Gasteiger partial charge is 0.233 e. The normalized spacial score (nSPS) is 13.9. The number of benzene rings is 2. The third-order valence-corrected chi connectivity index (χ3v) is 7.52. The van der Waals surface area contributed by atoms with Crippen molar-refractivity contribution in [3.63, 3.8) is 0 Å². The van der Waals surface area contributed by atoms with Gasteiger partial charge in [-0.2, -0.15) is 5.10 Å². The van der Waals surface area contributed by atoms with Crippen LogP contribution in [0.5, 0.6) is 0 Å². The van der Waals surface area contributed by atoms with Crippen LogP contribution in [0, 0.1) is 6.92 Å². The van der Waals surface area contributed by atoms with E-state index in [2.05, 4.69) is 24.0 Å². The first-order chi connectivity index (χ1) is 17.6. The molecule has 0 N–H and O–H groups in total. The van der Waals surface area contributed by atoms with Crippen LogP contribution in [0.15, 0.2) is 65.6 Å². The van der Waals surface area contributed by atoms with E-state index in [-0.39, 0.29) is 5.91 Å². The molecule has 0 unspecified atom stereocenters. The number of carbonyl (C=O) groups excluding carboxylic acids is 1. The van der Waals surface area contributed by atoms with E-state index in [9.17, 15) is 4.79 Å². The van der Waals surface area contributed by atoms with Crippen LogP contribution >= 0.6 is 11.8 Å². The van der Waals surface area contributed by atoms with Gasteiger partial charge in [0.1, 0.15) is 11.6 Å². The molecule has 2 aromatic heterocycles. The van der Waals surface area contributed by atoms with E-state index >= 15 is 0 Å². The summed E-state index contributed by atoms with van der Waals surface area (Å²) in [6.07, 6.45) is 2.98. The highest BCUT2D eigenvalue weighted by molar-refractivity contribution is 8.00. The molecule has 5 rings (SSSR count). The van der Waals surface area contributed by atoms with Crippen molar-refractivity contribution in [2.24, 2.45) is 0 Å². The molecule has 0 radical (unpaired) electrons. The van der Waals surface area contributed by atoms with Gasteiger partial charge in [0.2, 0.25) is 5.91 Å². The number of nitrogens with zero attached hydrogens (tertiary/aromatic N) is 6. The minimum absolute atomic E-state index is 0.188. The highest BCUT2D eigenvalue weighted by Gasteiger charge is 2.26. The van der Waals surface area contributed by atoms with Crippen LogP contribution < -0.4 is 4.90 Å². The Hall–Kier alpha value is -3.39. The first kappa shape index (κ1) is 24.3. The second-order valence-corrected chi connectivity index (χ2v) is 10.1. The molecular weight excluding hydrogens is 468 g/mol. The molecular formula is C28H32N6OS. The maximum atomic E-state index is 12.9. The lowest BCUT2D eigenvalue weighted by molar-refractivity contribution is -0.128. The summed E-state index contributed by atoms with van der Waals surface area (Å²) in [4.78, 5) is 28.3. The van der Waals surface area contributed by atoms with Gasteiger partial charge in [0.25, 0.3) is 0 Å². The average molecular weight is 501 g/mol. The highest BCUT2D eigenvalue weighted by Crippen LogP contribution is 2.30.